The zero-order valence-corrected chi connectivity index (χ0v) is 7.30. The average Bonchev–Trinajstić information content (AvgIpc) is 2.71. The first-order chi connectivity index (χ1) is 6.34. The molecule has 6 nitrogen and oxygen atoms in total. The number of aryl methyl sites for hydroxylation is 3. The Bertz CT molecular complexity index is 362. The quantitative estimate of drug-likeness (QED) is 0.701. The molecule has 0 aliphatic rings. The number of aromatic amines is 1. The molecule has 0 spiro atoms. The van der Waals surface area contributed by atoms with Crippen LogP contribution in [0.15, 0.2) is 12.4 Å². The fourth-order valence-corrected chi connectivity index (χ4v) is 1.10. The first-order valence-electron chi connectivity index (χ1n) is 4.04. The van der Waals surface area contributed by atoms with Gasteiger partial charge in [0, 0.05) is 7.05 Å². The summed E-state index contributed by atoms with van der Waals surface area (Å²) in [6, 6.07) is 0. The van der Waals surface area contributed by atoms with Crippen LogP contribution in [-0.2, 0) is 19.9 Å². The van der Waals surface area contributed by atoms with Crippen LogP contribution in [0.1, 0.15) is 11.4 Å². The van der Waals surface area contributed by atoms with Crippen LogP contribution in [-0.4, -0.2) is 30.4 Å². The van der Waals surface area contributed by atoms with Crippen LogP contribution < -0.4 is 0 Å². The number of hydrogen-bond donors (Lipinski definition) is 1. The minimum atomic E-state index is 0.842. The summed E-state index contributed by atoms with van der Waals surface area (Å²) in [6.45, 7) is 0. The van der Waals surface area contributed by atoms with Gasteiger partial charge in [0.2, 0.25) is 0 Å². The summed E-state index contributed by atoms with van der Waals surface area (Å²) < 4.78 is 0. The summed E-state index contributed by atoms with van der Waals surface area (Å²) in [7, 11) is 1.81. The number of hydrogen-bond acceptors (Lipinski definition) is 4. The number of H-pyrrole nitrogens is 1. The van der Waals surface area contributed by atoms with Gasteiger partial charge in [-0.1, -0.05) is 0 Å². The second kappa shape index (κ2) is 3.34. The summed E-state index contributed by atoms with van der Waals surface area (Å²) in [5.74, 6) is 0. The van der Waals surface area contributed by atoms with Gasteiger partial charge in [0.15, 0.2) is 0 Å². The molecule has 13 heavy (non-hydrogen) atoms. The van der Waals surface area contributed by atoms with Crippen molar-refractivity contribution in [2.45, 2.75) is 12.8 Å². The second-order valence-corrected chi connectivity index (χ2v) is 2.79. The van der Waals surface area contributed by atoms with Gasteiger partial charge >= 0.3 is 0 Å². The van der Waals surface area contributed by atoms with E-state index in [0.717, 1.165) is 24.2 Å². The Kier molecular flexibility index (Phi) is 2.03. The molecule has 0 bridgehead atoms. The molecule has 0 aromatic carbocycles. The van der Waals surface area contributed by atoms with E-state index in [-0.39, 0.29) is 0 Å². The lowest BCUT2D eigenvalue weighted by molar-refractivity contribution is 0.643. The standard InChI is InChI=1S/C7H10N6/c1-13-9-5-7(11-13)3-2-6-4-8-12-10-6/h4-5H,2-3H2,1H3,(H,8,10,12). The highest BCUT2D eigenvalue weighted by Gasteiger charge is 2.00. The van der Waals surface area contributed by atoms with E-state index in [1.807, 2.05) is 0 Å². The summed E-state index contributed by atoms with van der Waals surface area (Å²) in [5, 5.41) is 18.4. The molecule has 2 rings (SSSR count). The number of nitrogens with one attached hydrogen (secondary N) is 1. The van der Waals surface area contributed by atoms with Gasteiger partial charge in [0.05, 0.1) is 23.8 Å². The van der Waals surface area contributed by atoms with Crippen molar-refractivity contribution in [3.05, 3.63) is 23.8 Å². The normalized spacial score (nSPS) is 10.5. The second-order valence-electron chi connectivity index (χ2n) is 2.79. The lowest BCUT2D eigenvalue weighted by Gasteiger charge is -1.90. The Morgan fingerprint density at radius 2 is 2.15 bits per heavy atom. The highest BCUT2D eigenvalue weighted by molar-refractivity contribution is 4.98. The summed E-state index contributed by atoms with van der Waals surface area (Å²) in [4.78, 5) is 1.55. The van der Waals surface area contributed by atoms with Crippen LogP contribution in [0.2, 0.25) is 0 Å². The first kappa shape index (κ1) is 7.90. The largest absolute Gasteiger partial charge is 0.198 e. The number of rotatable bonds is 3. The smallest absolute Gasteiger partial charge is 0.0831 e. The Balaban J connectivity index is 1.93. The van der Waals surface area contributed by atoms with E-state index in [9.17, 15) is 0 Å². The molecule has 68 valence electrons. The third kappa shape index (κ3) is 1.90. The fourth-order valence-electron chi connectivity index (χ4n) is 1.10. The Hall–Kier alpha value is -1.72. The van der Waals surface area contributed by atoms with Gasteiger partial charge in [-0.3, -0.25) is 0 Å². The maximum absolute atomic E-state index is 4.16. The third-order valence-electron chi connectivity index (χ3n) is 1.75. The topological polar surface area (TPSA) is 72.3 Å². The molecule has 0 atom stereocenters. The van der Waals surface area contributed by atoms with Crippen LogP contribution in [0.5, 0.6) is 0 Å². The third-order valence-corrected chi connectivity index (χ3v) is 1.75. The number of nitrogens with zero attached hydrogens (tertiary/aromatic N) is 5. The summed E-state index contributed by atoms with van der Waals surface area (Å²) >= 11 is 0. The molecule has 2 aromatic rings. The van der Waals surface area contributed by atoms with Gasteiger partial charge in [-0.2, -0.15) is 30.4 Å². The number of aromatic nitrogens is 6. The zero-order chi connectivity index (χ0) is 9.10. The van der Waals surface area contributed by atoms with Crippen molar-refractivity contribution in [1.82, 2.24) is 30.4 Å². The molecule has 2 heterocycles. The molecule has 2 aromatic heterocycles. The van der Waals surface area contributed by atoms with E-state index in [4.69, 9.17) is 0 Å². The molecular formula is C7H10N6. The van der Waals surface area contributed by atoms with Crippen molar-refractivity contribution < 1.29 is 0 Å². The Labute approximate surface area is 75.0 Å². The van der Waals surface area contributed by atoms with Crippen LogP contribution in [0.4, 0.5) is 0 Å². The fraction of sp³-hybridized carbons (Fsp3) is 0.429. The summed E-state index contributed by atoms with van der Waals surface area (Å²) in [6.07, 6.45) is 5.17. The van der Waals surface area contributed by atoms with Gasteiger partial charge in [-0.25, -0.2) is 0 Å². The van der Waals surface area contributed by atoms with Gasteiger partial charge in [-0.15, -0.1) is 0 Å². The van der Waals surface area contributed by atoms with E-state index < -0.39 is 0 Å². The first-order valence-corrected chi connectivity index (χ1v) is 4.04. The Morgan fingerprint density at radius 3 is 2.77 bits per heavy atom. The molecule has 0 aliphatic carbocycles. The molecule has 0 unspecified atom stereocenters. The summed E-state index contributed by atoms with van der Waals surface area (Å²) in [5.41, 5.74) is 1.93. The predicted molar refractivity (Wildman–Crippen MR) is 44.8 cm³/mol. The monoisotopic (exact) mass is 178 g/mol. The van der Waals surface area contributed by atoms with Crippen LogP contribution in [0, 0.1) is 0 Å². The molecule has 0 radical (unpaired) electrons. The molecular weight excluding hydrogens is 168 g/mol. The van der Waals surface area contributed by atoms with E-state index in [1.165, 1.54) is 0 Å². The van der Waals surface area contributed by atoms with Crippen molar-refractivity contribution in [3.8, 4) is 0 Å². The predicted octanol–water partition coefficient (Wildman–Crippen LogP) is -0.282. The minimum absolute atomic E-state index is 0.842. The SMILES string of the molecule is Cn1ncc(CCc2cn[nH]n2)n1. The zero-order valence-electron chi connectivity index (χ0n) is 7.30. The van der Waals surface area contributed by atoms with Gasteiger partial charge < -0.3 is 0 Å². The highest BCUT2D eigenvalue weighted by atomic mass is 15.4. The van der Waals surface area contributed by atoms with E-state index in [2.05, 4.69) is 25.6 Å². The van der Waals surface area contributed by atoms with Crippen molar-refractivity contribution in [1.29, 1.82) is 0 Å². The van der Waals surface area contributed by atoms with Gasteiger partial charge in [-0.05, 0) is 12.8 Å². The van der Waals surface area contributed by atoms with Crippen molar-refractivity contribution >= 4 is 0 Å². The minimum Gasteiger partial charge on any atom is -0.198 e. The Morgan fingerprint density at radius 1 is 1.31 bits per heavy atom. The molecule has 0 amide bonds. The van der Waals surface area contributed by atoms with Gasteiger partial charge in [0.25, 0.3) is 0 Å². The molecule has 0 saturated heterocycles. The van der Waals surface area contributed by atoms with Crippen LogP contribution in [0.25, 0.3) is 0 Å². The molecule has 0 saturated carbocycles. The van der Waals surface area contributed by atoms with E-state index >= 15 is 0 Å². The van der Waals surface area contributed by atoms with E-state index in [1.54, 1.807) is 24.2 Å². The maximum atomic E-state index is 4.16. The van der Waals surface area contributed by atoms with Crippen molar-refractivity contribution in [2.75, 3.05) is 0 Å². The van der Waals surface area contributed by atoms with Crippen LogP contribution >= 0.6 is 0 Å². The van der Waals surface area contributed by atoms with Crippen molar-refractivity contribution in [2.24, 2.45) is 7.05 Å². The maximum Gasteiger partial charge on any atom is 0.0831 e. The van der Waals surface area contributed by atoms with E-state index in [0.29, 0.717) is 0 Å². The highest BCUT2D eigenvalue weighted by Crippen LogP contribution is 1.98. The molecule has 6 heteroatoms. The molecule has 0 fully saturated rings. The molecule has 0 aliphatic heterocycles. The molecule has 1 N–H and O–H groups in total. The lowest BCUT2D eigenvalue weighted by Crippen LogP contribution is -1.95. The lowest BCUT2D eigenvalue weighted by atomic mass is 10.2. The van der Waals surface area contributed by atoms with Crippen LogP contribution in [0.3, 0.4) is 0 Å². The average molecular weight is 178 g/mol. The van der Waals surface area contributed by atoms with Gasteiger partial charge in [0.1, 0.15) is 0 Å². The van der Waals surface area contributed by atoms with Crippen molar-refractivity contribution in [3.63, 3.8) is 0 Å².